The molecule has 7 nitrogen and oxygen atoms in total. The van der Waals surface area contributed by atoms with Gasteiger partial charge in [0, 0.05) is 5.56 Å². The summed E-state index contributed by atoms with van der Waals surface area (Å²) in [5, 5.41) is 0. The molecule has 0 bridgehead atoms. The topological polar surface area (TPSA) is 79.1 Å². The quantitative estimate of drug-likeness (QED) is 0.266. The molecular weight excluding hydrogens is 706 g/mol. The number of methoxy groups -OCH3 is 1. The fourth-order valence-corrected chi connectivity index (χ4v) is 7.39. The maximum absolute atomic E-state index is 13.8. The molecule has 1 aromatic heterocycles. The number of carbonyl (C=O) groups excluding carboxylic acids is 1. The molecule has 36 heavy (non-hydrogen) atoms. The molecule has 188 valence electrons. The molecule has 1 aliphatic heterocycles. The number of ether oxygens (including phenoxy) is 3. The molecule has 4 rings (SSSR count). The Kier molecular flexibility index (Phi) is 8.56. The van der Waals surface area contributed by atoms with Gasteiger partial charge in [-0.3, -0.25) is 9.36 Å². The van der Waals surface area contributed by atoms with Crippen molar-refractivity contribution < 1.29 is 19.0 Å². The fraction of sp³-hybridized carbons (Fsp3) is 0.269. The summed E-state index contributed by atoms with van der Waals surface area (Å²) >= 11 is 5.74. The standard InChI is InChI=1S/C26H24I2N2O5S/c1-5-34-19-10-8-7-9-16(19)22-21(25(32)35-6-2)14(3)29-26-30(22)24(31)20(36-26)13-15-11-17(27)23(33-4)18(28)12-15/h7-13,22H,5-6H2,1-4H3/b20-13-/t22-/m0/s1. The summed E-state index contributed by atoms with van der Waals surface area (Å²) in [4.78, 5) is 32.1. The monoisotopic (exact) mass is 730 g/mol. The van der Waals surface area contributed by atoms with Crippen LogP contribution in [0, 0.1) is 7.14 Å². The summed E-state index contributed by atoms with van der Waals surface area (Å²) in [5.41, 5.74) is 2.20. The number of aromatic nitrogens is 1. The van der Waals surface area contributed by atoms with E-state index in [4.69, 9.17) is 14.2 Å². The van der Waals surface area contributed by atoms with Gasteiger partial charge < -0.3 is 14.2 Å². The second-order valence-corrected chi connectivity index (χ2v) is 11.1. The van der Waals surface area contributed by atoms with Crippen LogP contribution in [0.25, 0.3) is 6.08 Å². The molecule has 2 heterocycles. The Bertz CT molecular complexity index is 1520. The minimum Gasteiger partial charge on any atom is -0.495 e. The number of hydrogen-bond donors (Lipinski definition) is 0. The second kappa shape index (κ2) is 11.5. The molecule has 0 aliphatic carbocycles. The lowest BCUT2D eigenvalue weighted by molar-refractivity contribution is -0.139. The molecule has 10 heteroatoms. The van der Waals surface area contributed by atoms with Crippen molar-refractivity contribution in [2.45, 2.75) is 26.8 Å². The number of nitrogens with zero attached hydrogens (tertiary/aromatic N) is 2. The van der Waals surface area contributed by atoms with Crippen molar-refractivity contribution in [1.82, 2.24) is 4.57 Å². The number of para-hydroxylation sites is 1. The second-order valence-electron chi connectivity index (χ2n) is 7.79. The summed E-state index contributed by atoms with van der Waals surface area (Å²) in [6.07, 6.45) is 1.85. The van der Waals surface area contributed by atoms with Gasteiger partial charge in [-0.25, -0.2) is 9.79 Å². The highest BCUT2D eigenvalue weighted by Crippen LogP contribution is 2.36. The third-order valence-electron chi connectivity index (χ3n) is 5.55. The van der Waals surface area contributed by atoms with Crippen LogP contribution in [-0.4, -0.2) is 30.9 Å². The van der Waals surface area contributed by atoms with Crippen LogP contribution in [0.3, 0.4) is 0 Å². The summed E-state index contributed by atoms with van der Waals surface area (Å²) in [6, 6.07) is 10.7. The molecule has 1 aliphatic rings. The van der Waals surface area contributed by atoms with Crippen LogP contribution in [-0.2, 0) is 9.53 Å². The van der Waals surface area contributed by atoms with E-state index in [0.717, 1.165) is 18.5 Å². The SMILES string of the molecule is CCOC(=O)C1=C(C)N=c2s/c(=C\c3cc(I)c(OC)c(I)c3)c(=O)n2[C@H]1c1ccccc1OCC. The van der Waals surface area contributed by atoms with Crippen molar-refractivity contribution in [2.75, 3.05) is 20.3 Å². The highest BCUT2D eigenvalue weighted by Gasteiger charge is 2.35. The maximum Gasteiger partial charge on any atom is 0.338 e. The Labute approximate surface area is 239 Å². The van der Waals surface area contributed by atoms with Crippen LogP contribution in [0.2, 0.25) is 0 Å². The fourth-order valence-electron chi connectivity index (χ4n) is 4.09. The zero-order chi connectivity index (χ0) is 26.0. The van der Waals surface area contributed by atoms with E-state index in [1.54, 1.807) is 25.5 Å². The van der Waals surface area contributed by atoms with Crippen molar-refractivity contribution in [3.63, 3.8) is 0 Å². The third kappa shape index (κ3) is 5.12. The molecular formula is C26H24I2N2O5S. The van der Waals surface area contributed by atoms with E-state index in [1.165, 1.54) is 11.3 Å². The van der Waals surface area contributed by atoms with Gasteiger partial charge in [0.1, 0.15) is 17.5 Å². The third-order valence-corrected chi connectivity index (χ3v) is 8.14. The van der Waals surface area contributed by atoms with Gasteiger partial charge in [0.2, 0.25) is 0 Å². The molecule has 0 spiro atoms. The Balaban J connectivity index is 1.97. The van der Waals surface area contributed by atoms with E-state index in [1.807, 2.05) is 49.4 Å². The molecule has 0 radical (unpaired) electrons. The average molecular weight is 730 g/mol. The molecule has 0 N–H and O–H groups in total. The van der Waals surface area contributed by atoms with Crippen LogP contribution in [0.5, 0.6) is 11.5 Å². The van der Waals surface area contributed by atoms with Crippen LogP contribution < -0.4 is 24.4 Å². The van der Waals surface area contributed by atoms with Crippen LogP contribution in [0.1, 0.15) is 37.9 Å². The zero-order valence-corrected chi connectivity index (χ0v) is 25.3. The van der Waals surface area contributed by atoms with E-state index >= 15 is 0 Å². The van der Waals surface area contributed by atoms with Gasteiger partial charge >= 0.3 is 5.97 Å². The number of benzene rings is 2. The normalized spacial score (nSPS) is 15.4. The lowest BCUT2D eigenvalue weighted by Gasteiger charge is -2.26. The molecule has 0 saturated carbocycles. The minimum absolute atomic E-state index is 0.217. The Morgan fingerprint density at radius 3 is 2.50 bits per heavy atom. The van der Waals surface area contributed by atoms with Crippen molar-refractivity contribution in [2.24, 2.45) is 4.99 Å². The molecule has 0 amide bonds. The van der Waals surface area contributed by atoms with E-state index in [0.29, 0.717) is 38.5 Å². The maximum atomic E-state index is 13.8. The summed E-state index contributed by atoms with van der Waals surface area (Å²) in [6.45, 7) is 6.09. The summed E-state index contributed by atoms with van der Waals surface area (Å²) in [5.74, 6) is 0.913. The lowest BCUT2D eigenvalue weighted by atomic mass is 9.95. The van der Waals surface area contributed by atoms with Gasteiger partial charge in [-0.2, -0.15) is 0 Å². The average Bonchev–Trinajstić information content (AvgIpc) is 3.13. The summed E-state index contributed by atoms with van der Waals surface area (Å²) in [7, 11) is 1.64. The van der Waals surface area contributed by atoms with Crippen LogP contribution in [0.15, 0.2) is 57.5 Å². The Morgan fingerprint density at radius 2 is 1.86 bits per heavy atom. The number of allylic oxidation sites excluding steroid dienone is 1. The molecule has 0 fully saturated rings. The van der Waals surface area contributed by atoms with Crippen LogP contribution >= 0.6 is 56.5 Å². The molecule has 2 aromatic carbocycles. The Hall–Kier alpha value is -2.19. The zero-order valence-electron chi connectivity index (χ0n) is 20.1. The number of halogens is 2. The number of fused-ring (bicyclic) bond motifs is 1. The lowest BCUT2D eigenvalue weighted by Crippen LogP contribution is -2.40. The molecule has 1 atom stereocenters. The molecule has 0 unspecified atom stereocenters. The first-order valence-electron chi connectivity index (χ1n) is 11.2. The van der Waals surface area contributed by atoms with Gasteiger partial charge in [-0.1, -0.05) is 29.5 Å². The first-order chi connectivity index (χ1) is 17.3. The first kappa shape index (κ1) is 26.9. The van der Waals surface area contributed by atoms with Gasteiger partial charge in [0.15, 0.2) is 4.80 Å². The number of hydrogen-bond acceptors (Lipinski definition) is 7. The number of carbonyl (C=O) groups is 1. The first-order valence-corrected chi connectivity index (χ1v) is 14.2. The molecule has 3 aromatic rings. The smallest absolute Gasteiger partial charge is 0.338 e. The highest BCUT2D eigenvalue weighted by atomic mass is 127. The van der Waals surface area contributed by atoms with Crippen molar-refractivity contribution >= 4 is 68.6 Å². The predicted molar refractivity (Wildman–Crippen MR) is 156 cm³/mol. The van der Waals surface area contributed by atoms with Gasteiger partial charge in [0.25, 0.3) is 5.56 Å². The largest absolute Gasteiger partial charge is 0.495 e. The number of esters is 1. The summed E-state index contributed by atoms with van der Waals surface area (Å²) < 4.78 is 20.7. The van der Waals surface area contributed by atoms with Gasteiger partial charge in [-0.05, 0) is 95.8 Å². The van der Waals surface area contributed by atoms with Crippen molar-refractivity contribution in [3.8, 4) is 11.5 Å². The highest BCUT2D eigenvalue weighted by molar-refractivity contribution is 14.1. The number of thiazole rings is 1. The number of rotatable bonds is 7. The van der Waals surface area contributed by atoms with Gasteiger partial charge in [-0.15, -0.1) is 0 Å². The van der Waals surface area contributed by atoms with E-state index in [2.05, 4.69) is 50.2 Å². The predicted octanol–water partition coefficient (Wildman–Crippen LogP) is 4.41. The molecule has 0 saturated heterocycles. The van der Waals surface area contributed by atoms with E-state index in [-0.39, 0.29) is 12.2 Å². The minimum atomic E-state index is -0.721. The van der Waals surface area contributed by atoms with Crippen molar-refractivity contribution in [1.29, 1.82) is 0 Å². The van der Waals surface area contributed by atoms with Gasteiger partial charge in [0.05, 0.1) is 43.3 Å². The van der Waals surface area contributed by atoms with Crippen LogP contribution in [0.4, 0.5) is 0 Å². The van der Waals surface area contributed by atoms with Crippen molar-refractivity contribution in [3.05, 3.63) is 85.6 Å². The van der Waals surface area contributed by atoms with E-state index < -0.39 is 12.0 Å². The van der Waals surface area contributed by atoms with E-state index in [9.17, 15) is 9.59 Å². The Morgan fingerprint density at radius 1 is 1.17 bits per heavy atom.